The number of carbonyl (C=O) groups excluding carboxylic acids is 1. The van der Waals surface area contributed by atoms with Crippen molar-refractivity contribution in [2.24, 2.45) is 0 Å². The smallest absolute Gasteiger partial charge is 0.262 e. The maximum absolute atomic E-state index is 12.2. The van der Waals surface area contributed by atoms with Crippen LogP contribution in [0, 0.1) is 13.8 Å². The zero-order chi connectivity index (χ0) is 19.2. The van der Waals surface area contributed by atoms with Gasteiger partial charge in [0.05, 0.1) is 19.0 Å². The highest BCUT2D eigenvalue weighted by Crippen LogP contribution is 2.24. The first-order chi connectivity index (χ1) is 13.1. The average Bonchev–Trinajstić information content (AvgIpc) is 2.70. The lowest BCUT2D eigenvalue weighted by Gasteiger charge is -2.12. The summed E-state index contributed by atoms with van der Waals surface area (Å²) in [6.07, 6.45) is 4.71. The molecule has 3 aromatic rings. The molecule has 1 amide bonds. The normalized spacial score (nSPS) is 10.3. The molecule has 0 aliphatic rings. The second kappa shape index (κ2) is 8.22. The fourth-order valence-electron chi connectivity index (χ4n) is 2.34. The summed E-state index contributed by atoms with van der Waals surface area (Å²) < 4.78 is 10.9. The van der Waals surface area contributed by atoms with E-state index >= 15 is 0 Å². The molecule has 0 bridgehead atoms. The Hall–Kier alpha value is -3.55. The molecule has 0 fully saturated rings. The third kappa shape index (κ3) is 4.35. The van der Waals surface area contributed by atoms with Crippen LogP contribution in [0.25, 0.3) is 11.5 Å². The third-order valence-electron chi connectivity index (χ3n) is 3.86. The minimum atomic E-state index is -0.323. The topological polar surface area (TPSA) is 99.1 Å². The minimum absolute atomic E-state index is 0.199. The van der Waals surface area contributed by atoms with E-state index in [9.17, 15) is 4.79 Å². The molecule has 1 aromatic carbocycles. The van der Waals surface area contributed by atoms with Crippen molar-refractivity contribution in [3.8, 4) is 23.1 Å². The molecule has 0 saturated carbocycles. The van der Waals surface area contributed by atoms with Gasteiger partial charge in [-0.3, -0.25) is 9.78 Å². The quantitative estimate of drug-likeness (QED) is 0.717. The van der Waals surface area contributed by atoms with Crippen LogP contribution in [-0.2, 0) is 4.79 Å². The number of carbonyl (C=O) groups is 1. The van der Waals surface area contributed by atoms with Crippen LogP contribution in [0.3, 0.4) is 0 Å². The first kappa shape index (κ1) is 18.2. The molecule has 8 nitrogen and oxygen atoms in total. The summed E-state index contributed by atoms with van der Waals surface area (Å²) in [6.45, 7) is 3.48. The van der Waals surface area contributed by atoms with Crippen LogP contribution >= 0.6 is 0 Å². The van der Waals surface area contributed by atoms with Gasteiger partial charge in [-0.2, -0.15) is 4.98 Å². The van der Waals surface area contributed by atoms with Crippen molar-refractivity contribution >= 4 is 11.6 Å². The summed E-state index contributed by atoms with van der Waals surface area (Å²) in [4.78, 5) is 29.2. The largest absolute Gasteiger partial charge is 0.495 e. The number of aromatic nitrogens is 4. The average molecular weight is 365 g/mol. The van der Waals surface area contributed by atoms with E-state index in [1.165, 1.54) is 0 Å². The van der Waals surface area contributed by atoms with Crippen LogP contribution in [-0.4, -0.2) is 39.6 Å². The minimum Gasteiger partial charge on any atom is -0.495 e. The van der Waals surface area contributed by atoms with Crippen LogP contribution in [0.2, 0.25) is 0 Å². The van der Waals surface area contributed by atoms with Crippen molar-refractivity contribution < 1.29 is 14.3 Å². The standard InChI is InChI=1S/C19H19N5O3/c1-12-13(2)22-18(15-10-20-8-9-21-15)24-19(12)27-11-17(25)23-14-6-4-5-7-16(14)26-3/h4-10H,11H2,1-3H3,(H,23,25). The Labute approximate surface area is 156 Å². The van der Waals surface area contributed by atoms with E-state index in [-0.39, 0.29) is 12.5 Å². The van der Waals surface area contributed by atoms with Gasteiger partial charge >= 0.3 is 0 Å². The van der Waals surface area contributed by atoms with Crippen LogP contribution in [0.5, 0.6) is 11.6 Å². The zero-order valence-corrected chi connectivity index (χ0v) is 15.3. The highest BCUT2D eigenvalue weighted by Gasteiger charge is 2.14. The molecule has 0 aliphatic heterocycles. The Kier molecular flexibility index (Phi) is 5.55. The zero-order valence-electron chi connectivity index (χ0n) is 15.3. The van der Waals surface area contributed by atoms with Crippen LogP contribution < -0.4 is 14.8 Å². The summed E-state index contributed by atoms with van der Waals surface area (Å²) in [5.74, 6) is 0.978. The SMILES string of the molecule is COc1ccccc1NC(=O)COc1nc(-c2cnccn2)nc(C)c1C. The number of benzene rings is 1. The molecular formula is C19H19N5O3. The van der Waals surface area contributed by atoms with E-state index in [0.717, 1.165) is 11.3 Å². The predicted molar refractivity (Wildman–Crippen MR) is 99.7 cm³/mol. The van der Waals surface area contributed by atoms with Crippen molar-refractivity contribution in [1.82, 2.24) is 19.9 Å². The number of para-hydroxylation sites is 2. The third-order valence-corrected chi connectivity index (χ3v) is 3.86. The first-order valence-corrected chi connectivity index (χ1v) is 8.25. The molecule has 2 aromatic heterocycles. The second-order valence-corrected chi connectivity index (χ2v) is 5.69. The number of ether oxygens (including phenoxy) is 2. The van der Waals surface area contributed by atoms with E-state index < -0.39 is 0 Å². The van der Waals surface area contributed by atoms with Crippen molar-refractivity contribution in [3.63, 3.8) is 0 Å². The monoisotopic (exact) mass is 365 g/mol. The Balaban J connectivity index is 1.74. The molecule has 0 spiro atoms. The molecule has 27 heavy (non-hydrogen) atoms. The fourth-order valence-corrected chi connectivity index (χ4v) is 2.34. The Morgan fingerprint density at radius 2 is 1.96 bits per heavy atom. The number of amides is 1. The van der Waals surface area contributed by atoms with E-state index in [1.54, 1.807) is 37.8 Å². The van der Waals surface area contributed by atoms with E-state index in [0.29, 0.717) is 28.8 Å². The molecule has 0 radical (unpaired) electrons. The summed E-state index contributed by atoms with van der Waals surface area (Å²) >= 11 is 0. The summed E-state index contributed by atoms with van der Waals surface area (Å²) in [5, 5.41) is 2.76. The molecule has 0 saturated heterocycles. The van der Waals surface area contributed by atoms with E-state index in [1.807, 2.05) is 26.0 Å². The molecule has 1 N–H and O–H groups in total. The number of hydrogen-bond donors (Lipinski definition) is 1. The van der Waals surface area contributed by atoms with E-state index in [2.05, 4.69) is 25.3 Å². The summed E-state index contributed by atoms with van der Waals surface area (Å²) in [7, 11) is 1.54. The fraction of sp³-hybridized carbons (Fsp3) is 0.211. The molecule has 2 heterocycles. The van der Waals surface area contributed by atoms with Gasteiger partial charge in [0.25, 0.3) is 5.91 Å². The van der Waals surface area contributed by atoms with Crippen LogP contribution in [0.1, 0.15) is 11.3 Å². The number of aryl methyl sites for hydroxylation is 1. The number of hydrogen-bond acceptors (Lipinski definition) is 7. The Bertz CT molecular complexity index is 947. The van der Waals surface area contributed by atoms with E-state index in [4.69, 9.17) is 9.47 Å². The lowest BCUT2D eigenvalue weighted by atomic mass is 10.2. The van der Waals surface area contributed by atoms with Crippen molar-refractivity contribution in [2.45, 2.75) is 13.8 Å². The number of anilines is 1. The van der Waals surface area contributed by atoms with Gasteiger partial charge in [0.1, 0.15) is 11.4 Å². The maximum atomic E-state index is 12.2. The van der Waals surface area contributed by atoms with Crippen LogP contribution in [0.15, 0.2) is 42.9 Å². The predicted octanol–water partition coefficient (Wildman–Crippen LogP) is 2.58. The molecule has 0 unspecified atom stereocenters. The van der Waals surface area contributed by atoms with Gasteiger partial charge in [0, 0.05) is 23.7 Å². The van der Waals surface area contributed by atoms with Gasteiger partial charge in [-0.15, -0.1) is 0 Å². The molecule has 8 heteroatoms. The van der Waals surface area contributed by atoms with Gasteiger partial charge in [0.15, 0.2) is 12.4 Å². The van der Waals surface area contributed by atoms with Gasteiger partial charge in [-0.05, 0) is 26.0 Å². The van der Waals surface area contributed by atoms with Gasteiger partial charge < -0.3 is 14.8 Å². The van der Waals surface area contributed by atoms with Gasteiger partial charge in [0.2, 0.25) is 5.88 Å². The van der Waals surface area contributed by atoms with Crippen LogP contribution in [0.4, 0.5) is 5.69 Å². The van der Waals surface area contributed by atoms with Gasteiger partial charge in [-0.25, -0.2) is 9.97 Å². The highest BCUT2D eigenvalue weighted by atomic mass is 16.5. The summed E-state index contributed by atoms with van der Waals surface area (Å²) in [5.41, 5.74) is 2.60. The summed E-state index contributed by atoms with van der Waals surface area (Å²) in [6, 6.07) is 7.15. The lowest BCUT2D eigenvalue weighted by Crippen LogP contribution is -2.21. The number of nitrogens with one attached hydrogen (secondary N) is 1. The molecule has 0 aliphatic carbocycles. The number of rotatable bonds is 6. The van der Waals surface area contributed by atoms with Crippen molar-refractivity contribution in [2.75, 3.05) is 19.0 Å². The number of nitrogens with zero attached hydrogens (tertiary/aromatic N) is 4. The van der Waals surface area contributed by atoms with Crippen molar-refractivity contribution in [1.29, 1.82) is 0 Å². The molecule has 138 valence electrons. The molecule has 3 rings (SSSR count). The molecule has 0 atom stereocenters. The van der Waals surface area contributed by atoms with Crippen molar-refractivity contribution in [3.05, 3.63) is 54.1 Å². The number of methoxy groups -OCH3 is 1. The maximum Gasteiger partial charge on any atom is 0.262 e. The highest BCUT2D eigenvalue weighted by molar-refractivity contribution is 5.93. The Morgan fingerprint density at radius 1 is 1.15 bits per heavy atom. The first-order valence-electron chi connectivity index (χ1n) is 8.25. The molecular weight excluding hydrogens is 346 g/mol. The van der Waals surface area contributed by atoms with Gasteiger partial charge in [-0.1, -0.05) is 12.1 Å². The second-order valence-electron chi connectivity index (χ2n) is 5.69. The Morgan fingerprint density at radius 3 is 2.70 bits per heavy atom. The lowest BCUT2D eigenvalue weighted by molar-refractivity contribution is -0.118.